The Morgan fingerprint density at radius 2 is 2.05 bits per heavy atom. The molecule has 0 N–H and O–H groups in total. The number of hydrogen-bond donors (Lipinski definition) is 0. The summed E-state index contributed by atoms with van der Waals surface area (Å²) in [6.45, 7) is 5.24. The minimum absolute atomic E-state index is 0.722. The van der Waals surface area contributed by atoms with Crippen molar-refractivity contribution in [3.8, 4) is 6.07 Å². The molecule has 0 spiro atoms. The number of nitrogens with zero attached hydrogens (tertiary/aromatic N) is 5. The molecule has 5 nitrogen and oxygen atoms in total. The van der Waals surface area contributed by atoms with Gasteiger partial charge in [0.05, 0.1) is 5.69 Å². The molecule has 1 aromatic heterocycles. The molecule has 0 saturated carbocycles. The number of rotatable bonds is 1. The minimum Gasteiger partial charge on any atom is -0.355 e. The number of aryl methyl sites for hydroxylation is 2. The first kappa shape index (κ1) is 13.4. The fourth-order valence-electron chi connectivity index (χ4n) is 3.98. The first-order chi connectivity index (χ1) is 9.61. The maximum Gasteiger partial charge on any atom is 0.144 e. The molecular weight excluding hydrogens is 250 g/mol. The minimum atomic E-state index is 0.722. The fourth-order valence-corrected chi connectivity index (χ4v) is 3.98. The van der Waals surface area contributed by atoms with E-state index in [0.717, 1.165) is 42.1 Å². The van der Waals surface area contributed by atoms with Gasteiger partial charge in [-0.2, -0.15) is 10.4 Å². The average molecular weight is 273 g/mol. The van der Waals surface area contributed by atoms with E-state index in [9.17, 15) is 5.26 Å². The van der Waals surface area contributed by atoms with Gasteiger partial charge in [0.15, 0.2) is 0 Å². The van der Waals surface area contributed by atoms with Crippen molar-refractivity contribution in [2.75, 3.05) is 31.6 Å². The molecule has 0 aromatic carbocycles. The standard InChI is InChI=1S/C15H23N5/c1-11-13(9-16)15(19(3)17-11)20-8-6-14-12(10-20)5-4-7-18(14)2/h12,14H,4-8,10H2,1-3H3. The molecule has 2 aliphatic heterocycles. The van der Waals surface area contributed by atoms with Gasteiger partial charge in [0, 0.05) is 26.2 Å². The molecule has 0 bridgehead atoms. The van der Waals surface area contributed by atoms with Crippen LogP contribution in [0.1, 0.15) is 30.5 Å². The van der Waals surface area contributed by atoms with E-state index in [1.807, 2.05) is 18.7 Å². The summed E-state index contributed by atoms with van der Waals surface area (Å²) in [5.74, 6) is 1.74. The van der Waals surface area contributed by atoms with Gasteiger partial charge in [0.25, 0.3) is 0 Å². The van der Waals surface area contributed by atoms with Gasteiger partial charge in [0.1, 0.15) is 17.5 Å². The summed E-state index contributed by atoms with van der Waals surface area (Å²) in [5.41, 5.74) is 1.59. The first-order valence-corrected chi connectivity index (χ1v) is 7.50. The van der Waals surface area contributed by atoms with E-state index >= 15 is 0 Å². The highest BCUT2D eigenvalue weighted by Gasteiger charge is 2.35. The van der Waals surface area contributed by atoms with Crippen LogP contribution < -0.4 is 4.90 Å². The first-order valence-electron chi connectivity index (χ1n) is 7.50. The largest absolute Gasteiger partial charge is 0.355 e. The van der Waals surface area contributed by atoms with Crippen molar-refractivity contribution in [2.24, 2.45) is 13.0 Å². The molecule has 2 fully saturated rings. The van der Waals surface area contributed by atoms with Crippen LogP contribution in [-0.4, -0.2) is 47.4 Å². The van der Waals surface area contributed by atoms with E-state index < -0.39 is 0 Å². The molecule has 2 atom stereocenters. The van der Waals surface area contributed by atoms with Gasteiger partial charge in [-0.15, -0.1) is 0 Å². The number of nitriles is 1. The zero-order chi connectivity index (χ0) is 14.3. The van der Waals surface area contributed by atoms with Gasteiger partial charge in [-0.3, -0.25) is 4.68 Å². The van der Waals surface area contributed by atoms with Crippen molar-refractivity contribution < 1.29 is 0 Å². The van der Waals surface area contributed by atoms with Gasteiger partial charge in [-0.25, -0.2) is 0 Å². The lowest BCUT2D eigenvalue weighted by Crippen LogP contribution is -2.53. The topological polar surface area (TPSA) is 48.1 Å². The quantitative estimate of drug-likeness (QED) is 0.778. The Balaban J connectivity index is 1.85. The molecule has 20 heavy (non-hydrogen) atoms. The summed E-state index contributed by atoms with van der Waals surface area (Å²) < 4.78 is 1.88. The number of anilines is 1. The summed E-state index contributed by atoms with van der Waals surface area (Å²) in [5, 5.41) is 13.8. The van der Waals surface area contributed by atoms with Crippen LogP contribution in [0.3, 0.4) is 0 Å². The van der Waals surface area contributed by atoms with Crippen molar-refractivity contribution in [1.29, 1.82) is 5.26 Å². The van der Waals surface area contributed by atoms with Crippen LogP contribution in [0, 0.1) is 24.2 Å². The van der Waals surface area contributed by atoms with Crippen molar-refractivity contribution in [2.45, 2.75) is 32.2 Å². The molecular formula is C15H23N5. The van der Waals surface area contributed by atoms with E-state index in [4.69, 9.17) is 0 Å². The van der Waals surface area contributed by atoms with Crippen LogP contribution in [0.25, 0.3) is 0 Å². The molecule has 2 unspecified atom stereocenters. The summed E-state index contributed by atoms with van der Waals surface area (Å²) in [6.07, 6.45) is 3.79. The Morgan fingerprint density at radius 3 is 2.80 bits per heavy atom. The van der Waals surface area contributed by atoms with E-state index in [2.05, 4.69) is 28.0 Å². The predicted octanol–water partition coefficient (Wildman–Crippen LogP) is 1.52. The highest BCUT2D eigenvalue weighted by Crippen LogP contribution is 2.33. The third-order valence-corrected chi connectivity index (χ3v) is 4.95. The molecule has 108 valence electrons. The predicted molar refractivity (Wildman–Crippen MR) is 78.6 cm³/mol. The molecule has 0 amide bonds. The zero-order valence-electron chi connectivity index (χ0n) is 12.6. The SMILES string of the molecule is Cc1nn(C)c(N2CCC3C(CCCN3C)C2)c1C#N. The molecule has 0 aliphatic carbocycles. The zero-order valence-corrected chi connectivity index (χ0v) is 12.6. The van der Waals surface area contributed by atoms with E-state index in [1.165, 1.54) is 25.8 Å². The molecule has 3 heterocycles. The molecule has 1 aromatic rings. The summed E-state index contributed by atoms with van der Waals surface area (Å²) in [6, 6.07) is 3.05. The van der Waals surface area contributed by atoms with E-state index in [1.54, 1.807) is 0 Å². The third kappa shape index (κ3) is 2.08. The van der Waals surface area contributed by atoms with Crippen molar-refractivity contribution in [1.82, 2.24) is 14.7 Å². The third-order valence-electron chi connectivity index (χ3n) is 4.95. The van der Waals surface area contributed by atoms with E-state index in [0.29, 0.717) is 0 Å². The highest BCUT2D eigenvalue weighted by molar-refractivity contribution is 5.57. The maximum absolute atomic E-state index is 9.38. The monoisotopic (exact) mass is 273 g/mol. The molecule has 2 saturated heterocycles. The van der Waals surface area contributed by atoms with Crippen molar-refractivity contribution >= 4 is 5.82 Å². The normalized spacial score (nSPS) is 27.2. The molecule has 2 aliphatic rings. The summed E-state index contributed by atoms with van der Waals surface area (Å²) in [4.78, 5) is 4.89. The lowest BCUT2D eigenvalue weighted by molar-refractivity contribution is 0.102. The molecule has 0 radical (unpaired) electrons. The summed E-state index contributed by atoms with van der Waals surface area (Å²) >= 11 is 0. The van der Waals surface area contributed by atoms with Crippen LogP contribution in [0.5, 0.6) is 0 Å². The van der Waals surface area contributed by atoms with Crippen LogP contribution >= 0.6 is 0 Å². The van der Waals surface area contributed by atoms with Crippen LogP contribution in [0.2, 0.25) is 0 Å². The fraction of sp³-hybridized carbons (Fsp3) is 0.733. The lowest BCUT2D eigenvalue weighted by Gasteiger charge is -2.46. The van der Waals surface area contributed by atoms with Crippen molar-refractivity contribution in [3.05, 3.63) is 11.3 Å². The number of likely N-dealkylation sites (tertiary alicyclic amines) is 1. The van der Waals surface area contributed by atoms with Gasteiger partial charge >= 0.3 is 0 Å². The molecule has 3 rings (SSSR count). The number of hydrogen-bond acceptors (Lipinski definition) is 4. The Morgan fingerprint density at radius 1 is 1.25 bits per heavy atom. The highest BCUT2D eigenvalue weighted by atomic mass is 15.4. The van der Waals surface area contributed by atoms with Crippen LogP contribution in [0.4, 0.5) is 5.82 Å². The smallest absolute Gasteiger partial charge is 0.144 e. The second kappa shape index (κ2) is 5.10. The molecule has 5 heteroatoms. The van der Waals surface area contributed by atoms with Gasteiger partial charge < -0.3 is 9.80 Å². The van der Waals surface area contributed by atoms with Crippen LogP contribution in [-0.2, 0) is 7.05 Å². The number of fused-ring (bicyclic) bond motifs is 1. The Hall–Kier alpha value is -1.54. The number of piperidine rings is 2. The Labute approximate surface area is 120 Å². The maximum atomic E-state index is 9.38. The second-order valence-corrected chi connectivity index (χ2v) is 6.20. The van der Waals surface area contributed by atoms with E-state index in [-0.39, 0.29) is 0 Å². The Bertz CT molecular complexity index is 541. The van der Waals surface area contributed by atoms with Crippen LogP contribution in [0.15, 0.2) is 0 Å². The van der Waals surface area contributed by atoms with Crippen molar-refractivity contribution in [3.63, 3.8) is 0 Å². The Kier molecular flexibility index (Phi) is 3.43. The lowest BCUT2D eigenvalue weighted by atomic mass is 9.84. The average Bonchev–Trinajstić information content (AvgIpc) is 2.72. The van der Waals surface area contributed by atoms with Gasteiger partial charge in [0.2, 0.25) is 0 Å². The summed E-state index contributed by atoms with van der Waals surface area (Å²) in [7, 11) is 4.20. The van der Waals surface area contributed by atoms with Gasteiger partial charge in [-0.05, 0) is 45.7 Å². The number of aromatic nitrogens is 2. The second-order valence-electron chi connectivity index (χ2n) is 6.20. The van der Waals surface area contributed by atoms with Gasteiger partial charge in [-0.1, -0.05) is 0 Å².